The van der Waals surface area contributed by atoms with Gasteiger partial charge < -0.3 is 14.7 Å². The molecule has 43 heavy (non-hydrogen) atoms. The van der Waals surface area contributed by atoms with E-state index in [0.717, 1.165) is 51.3 Å². The molecule has 7 rings (SSSR count). The molecule has 2 aromatic carbocycles. The van der Waals surface area contributed by atoms with Crippen molar-refractivity contribution in [1.29, 1.82) is 0 Å². The van der Waals surface area contributed by atoms with E-state index >= 15 is 0 Å². The second-order valence-electron chi connectivity index (χ2n) is 9.81. The number of hydrogen-bond acceptors (Lipinski definition) is 4. The van der Waals surface area contributed by atoms with E-state index in [9.17, 15) is 4.79 Å². The normalized spacial score (nSPS) is 11.0. The van der Waals surface area contributed by atoms with Gasteiger partial charge in [0, 0.05) is 48.0 Å². The topological polar surface area (TPSA) is 83.7 Å². The van der Waals surface area contributed by atoms with Crippen LogP contribution in [-0.4, -0.2) is 32.5 Å². The van der Waals surface area contributed by atoms with Crippen LogP contribution in [0.1, 0.15) is 49.5 Å². The Morgan fingerprint density at radius 1 is 0.605 bits per heavy atom. The van der Waals surface area contributed by atoms with Gasteiger partial charge in [0.15, 0.2) is 0 Å². The van der Waals surface area contributed by atoms with Crippen LogP contribution in [0.15, 0.2) is 97.1 Å². The molecule has 3 aromatic heterocycles. The van der Waals surface area contributed by atoms with Crippen LogP contribution in [0.4, 0.5) is 0 Å². The molecule has 6 nitrogen and oxygen atoms in total. The van der Waals surface area contributed by atoms with Crippen LogP contribution in [0.2, 0.25) is 0 Å². The Hall–Kier alpha value is -4.61. The number of benzene rings is 2. The van der Waals surface area contributed by atoms with Gasteiger partial charge in [-0.25, -0.2) is 9.97 Å². The van der Waals surface area contributed by atoms with Gasteiger partial charge in [0.25, 0.3) is 0 Å². The molecule has 7 heteroatoms. The molecular formula is C36H34N4O2Zn. The Kier molecular flexibility index (Phi) is 11.3. The second kappa shape index (κ2) is 15.6. The van der Waals surface area contributed by atoms with Crippen molar-refractivity contribution in [2.24, 2.45) is 0 Å². The smallest absolute Gasteiger partial charge is 0.305 e. The number of carbonyl (C=O) groups excluding carboxylic acids is 1. The number of nitrogens with one attached hydrogen (secondary N) is 2. The Bertz CT molecular complexity index is 1650. The number of aromatic nitrogens is 4. The van der Waals surface area contributed by atoms with Gasteiger partial charge in [0.2, 0.25) is 0 Å². The van der Waals surface area contributed by atoms with Crippen LogP contribution in [0.5, 0.6) is 0 Å². The minimum Gasteiger partial charge on any atom is -0.466 e. The maximum atomic E-state index is 10.4. The molecular weight excluding hydrogens is 586 g/mol. The SMILES string of the molecule is C1=Cc2cc3ccc(cc4nc(cc5ccc(cc1n2)[nH]5)C=C4)[nH]3.CCCC(=O)OCC.[Zn].c1ccc2ccccc2c1. The fourth-order valence-corrected chi connectivity index (χ4v) is 4.51. The Balaban J connectivity index is 0.000000185. The average Bonchev–Trinajstić information content (AvgIpc) is 3.81. The summed E-state index contributed by atoms with van der Waals surface area (Å²) < 4.78 is 4.64. The Labute approximate surface area is 264 Å². The zero-order chi connectivity index (χ0) is 29.1. The molecule has 2 N–H and O–H groups in total. The number of aromatic amines is 2. The van der Waals surface area contributed by atoms with Gasteiger partial charge in [-0.3, -0.25) is 4.79 Å². The maximum absolute atomic E-state index is 10.4. The molecule has 0 radical (unpaired) electrons. The summed E-state index contributed by atoms with van der Waals surface area (Å²) in [5.74, 6) is -0.0880. The van der Waals surface area contributed by atoms with E-state index in [1.807, 2.05) is 62.4 Å². The summed E-state index contributed by atoms with van der Waals surface area (Å²) in [4.78, 5) is 26.4. The van der Waals surface area contributed by atoms with Crippen molar-refractivity contribution in [2.75, 3.05) is 6.61 Å². The quantitative estimate of drug-likeness (QED) is 0.153. The number of nitrogens with zero attached hydrogens (tertiary/aromatic N) is 2. The van der Waals surface area contributed by atoms with E-state index in [4.69, 9.17) is 0 Å². The molecule has 212 valence electrons. The number of ether oxygens (including phenoxy) is 1. The third kappa shape index (κ3) is 9.19. The van der Waals surface area contributed by atoms with Gasteiger partial charge in [0.1, 0.15) is 0 Å². The van der Waals surface area contributed by atoms with Gasteiger partial charge in [-0.05, 0) is 97.0 Å². The van der Waals surface area contributed by atoms with E-state index in [0.29, 0.717) is 13.0 Å². The van der Waals surface area contributed by atoms with Gasteiger partial charge in [-0.1, -0.05) is 55.5 Å². The first-order valence-electron chi connectivity index (χ1n) is 14.2. The molecule has 0 spiro atoms. The molecule has 0 unspecified atom stereocenters. The van der Waals surface area contributed by atoms with Crippen LogP contribution < -0.4 is 0 Å². The van der Waals surface area contributed by atoms with E-state index in [2.05, 4.69) is 97.5 Å². The first-order valence-corrected chi connectivity index (χ1v) is 14.2. The summed E-state index contributed by atoms with van der Waals surface area (Å²) in [5.41, 5.74) is 7.86. The summed E-state index contributed by atoms with van der Waals surface area (Å²) in [6, 6.07) is 33.1. The predicted molar refractivity (Wildman–Crippen MR) is 174 cm³/mol. The van der Waals surface area contributed by atoms with Crippen LogP contribution in [0, 0.1) is 0 Å². The molecule has 2 aliphatic rings. The first kappa shape index (κ1) is 31.3. The zero-order valence-electron chi connectivity index (χ0n) is 24.6. The van der Waals surface area contributed by atoms with Crippen LogP contribution in [0.25, 0.3) is 57.1 Å². The summed E-state index contributed by atoms with van der Waals surface area (Å²) in [6.45, 7) is 4.27. The summed E-state index contributed by atoms with van der Waals surface area (Å²) >= 11 is 0. The van der Waals surface area contributed by atoms with Crippen LogP contribution in [0.3, 0.4) is 0 Å². The summed E-state index contributed by atoms with van der Waals surface area (Å²) in [5, 5.41) is 2.62. The predicted octanol–water partition coefficient (Wildman–Crippen LogP) is 8.84. The number of carbonyl (C=O) groups is 1. The van der Waals surface area contributed by atoms with Crippen LogP contribution in [-0.2, 0) is 29.0 Å². The fourth-order valence-electron chi connectivity index (χ4n) is 4.51. The van der Waals surface area contributed by atoms with Crippen molar-refractivity contribution < 1.29 is 29.0 Å². The van der Waals surface area contributed by atoms with Gasteiger partial charge in [-0.15, -0.1) is 0 Å². The number of rotatable bonds is 3. The van der Waals surface area contributed by atoms with E-state index in [1.165, 1.54) is 10.8 Å². The average molecular weight is 620 g/mol. The molecule has 0 saturated heterocycles. The number of fused-ring (bicyclic) bond motifs is 9. The van der Waals surface area contributed by atoms with Gasteiger partial charge in [0.05, 0.1) is 29.4 Å². The van der Waals surface area contributed by atoms with Crippen molar-refractivity contribution in [3.05, 3.63) is 120 Å². The van der Waals surface area contributed by atoms with E-state index in [-0.39, 0.29) is 25.4 Å². The Morgan fingerprint density at radius 2 is 0.953 bits per heavy atom. The fraction of sp³-hybridized carbons (Fsp3) is 0.139. The minimum atomic E-state index is -0.0880. The maximum Gasteiger partial charge on any atom is 0.305 e. The van der Waals surface area contributed by atoms with Gasteiger partial charge in [-0.2, -0.15) is 0 Å². The molecule has 8 bridgehead atoms. The van der Waals surface area contributed by atoms with Gasteiger partial charge >= 0.3 is 5.97 Å². The van der Waals surface area contributed by atoms with Crippen molar-refractivity contribution in [1.82, 2.24) is 19.9 Å². The van der Waals surface area contributed by atoms with E-state index < -0.39 is 0 Å². The second-order valence-corrected chi connectivity index (χ2v) is 9.81. The number of hydrogen-bond donors (Lipinski definition) is 2. The molecule has 0 aliphatic carbocycles. The molecule has 5 aromatic rings. The first-order chi connectivity index (χ1) is 20.6. The monoisotopic (exact) mass is 618 g/mol. The summed E-state index contributed by atoms with van der Waals surface area (Å²) in [6.07, 6.45) is 9.51. The van der Waals surface area contributed by atoms with Crippen molar-refractivity contribution in [3.63, 3.8) is 0 Å². The molecule has 0 atom stereocenters. The summed E-state index contributed by atoms with van der Waals surface area (Å²) in [7, 11) is 0. The standard InChI is InChI=1S/C20H14N4.C10H8.C6H12O2.Zn/c1-2-14-10-16-5-6-18(23-16)12-20-8-7-19(24-20)11-17-4-3-15(22-17)9-13(1)21-14;1-2-6-10-8-4-3-7-9(10)5-1;1-3-5-6(7)8-4-2;/h1-12,21,24H;1-8H;3-5H2,1-2H3;. The third-order valence-corrected chi connectivity index (χ3v) is 6.46. The molecule has 0 fully saturated rings. The zero-order valence-corrected chi connectivity index (χ0v) is 27.6. The largest absolute Gasteiger partial charge is 0.466 e. The third-order valence-electron chi connectivity index (χ3n) is 6.46. The number of H-pyrrole nitrogens is 2. The van der Waals surface area contributed by atoms with E-state index in [1.54, 1.807) is 0 Å². The van der Waals surface area contributed by atoms with Crippen molar-refractivity contribution in [3.8, 4) is 0 Å². The molecule has 5 heterocycles. The van der Waals surface area contributed by atoms with Crippen LogP contribution >= 0.6 is 0 Å². The van der Waals surface area contributed by atoms with Crippen molar-refractivity contribution in [2.45, 2.75) is 26.7 Å². The molecule has 0 amide bonds. The van der Waals surface area contributed by atoms with Crippen molar-refractivity contribution >= 4 is 63.1 Å². The molecule has 0 saturated carbocycles. The number of esters is 1. The minimum absolute atomic E-state index is 0. The Morgan fingerprint density at radius 3 is 1.26 bits per heavy atom. The molecule has 2 aliphatic heterocycles.